The Hall–Kier alpha value is -0.703. The quantitative estimate of drug-likeness (QED) is 0.604. The summed E-state index contributed by atoms with van der Waals surface area (Å²) in [7, 11) is -1.67. The van der Waals surface area contributed by atoms with E-state index in [2.05, 4.69) is 64.8 Å². The molecule has 0 radical (unpaired) electrons. The first-order valence-electron chi connectivity index (χ1n) is 6.80. The topological polar surface area (TPSA) is 20.2 Å². The van der Waals surface area contributed by atoms with Crippen LogP contribution >= 0.6 is 0 Å². The highest BCUT2D eigenvalue weighted by Crippen LogP contribution is 2.40. The Kier molecular flexibility index (Phi) is 6.21. The lowest BCUT2D eigenvalue weighted by Gasteiger charge is -2.37. The van der Waals surface area contributed by atoms with E-state index in [-0.39, 0.29) is 0 Å². The minimum absolute atomic E-state index is 0.619. The normalized spacial score (nSPS) is 12.2. The van der Waals surface area contributed by atoms with Gasteiger partial charge in [-0.1, -0.05) is 47.5 Å². The van der Waals surface area contributed by atoms with Gasteiger partial charge in [-0.2, -0.15) is 0 Å². The van der Waals surface area contributed by atoms with Crippen molar-refractivity contribution in [3.05, 3.63) is 0 Å². The molecule has 0 saturated carbocycles. The van der Waals surface area contributed by atoms with Crippen molar-refractivity contribution in [3.8, 4) is 23.3 Å². The Labute approximate surface area is 114 Å². The van der Waals surface area contributed by atoms with E-state index in [1.54, 1.807) is 13.8 Å². The van der Waals surface area contributed by atoms with Gasteiger partial charge < -0.3 is 5.11 Å². The van der Waals surface area contributed by atoms with E-state index in [0.29, 0.717) is 16.6 Å². The molecule has 0 amide bonds. The summed E-state index contributed by atoms with van der Waals surface area (Å²) >= 11 is 0. The van der Waals surface area contributed by atoms with Crippen LogP contribution in [0.4, 0.5) is 0 Å². The van der Waals surface area contributed by atoms with Crippen molar-refractivity contribution >= 4 is 8.07 Å². The highest BCUT2D eigenvalue weighted by Gasteiger charge is 2.41. The van der Waals surface area contributed by atoms with Crippen LogP contribution in [0.1, 0.15) is 55.4 Å². The Bertz CT molecular complexity index is 356. The molecule has 0 aliphatic carbocycles. The van der Waals surface area contributed by atoms with Crippen LogP contribution in [0.15, 0.2) is 0 Å². The summed E-state index contributed by atoms with van der Waals surface area (Å²) in [6.07, 6.45) is 0. The first-order chi connectivity index (χ1) is 8.04. The van der Waals surface area contributed by atoms with Gasteiger partial charge in [-0.15, -0.1) is 5.54 Å². The van der Waals surface area contributed by atoms with E-state index in [9.17, 15) is 5.11 Å². The Morgan fingerprint density at radius 2 is 1.22 bits per heavy atom. The molecule has 0 aromatic heterocycles. The molecule has 0 fully saturated rings. The SMILES string of the molecule is CC(C)[Si](C#CC#CC(C)(C)O)(C(C)C)C(C)C. The van der Waals surface area contributed by atoms with Gasteiger partial charge in [0.25, 0.3) is 0 Å². The first-order valence-corrected chi connectivity index (χ1v) is 9.04. The summed E-state index contributed by atoms with van der Waals surface area (Å²) in [6, 6.07) is 0. The number of hydrogen-bond donors (Lipinski definition) is 1. The molecule has 1 nitrogen and oxygen atoms in total. The molecule has 0 aliphatic rings. The Balaban J connectivity index is 5.38. The molecule has 102 valence electrons. The van der Waals surface area contributed by atoms with Crippen molar-refractivity contribution in [2.24, 2.45) is 0 Å². The second-order valence-corrected chi connectivity index (χ2v) is 12.0. The van der Waals surface area contributed by atoms with Gasteiger partial charge in [-0.3, -0.25) is 0 Å². The van der Waals surface area contributed by atoms with E-state index in [1.807, 2.05) is 0 Å². The fraction of sp³-hybridized carbons (Fsp3) is 0.750. The van der Waals surface area contributed by atoms with Crippen molar-refractivity contribution in [2.45, 2.75) is 77.6 Å². The zero-order chi connectivity index (χ0) is 14.6. The summed E-state index contributed by atoms with van der Waals surface area (Å²) in [5.74, 6) is 8.60. The summed E-state index contributed by atoms with van der Waals surface area (Å²) in [5, 5.41) is 9.54. The fourth-order valence-electron chi connectivity index (χ4n) is 2.76. The number of hydrogen-bond acceptors (Lipinski definition) is 1. The standard InChI is InChI=1S/C16H28OSi/c1-13(2)18(14(3)4,15(5)6)12-10-9-11-16(7,8)17/h13-15,17H,1-8H3. The van der Waals surface area contributed by atoms with Gasteiger partial charge in [-0.05, 0) is 42.3 Å². The largest absolute Gasteiger partial charge is 0.378 e. The molecule has 0 saturated heterocycles. The molecule has 0 aromatic rings. The maximum Gasteiger partial charge on any atom is 0.147 e. The van der Waals surface area contributed by atoms with Crippen LogP contribution in [-0.2, 0) is 0 Å². The van der Waals surface area contributed by atoms with Crippen LogP contribution in [0.25, 0.3) is 0 Å². The molecular formula is C16H28OSi. The lowest BCUT2D eigenvalue weighted by atomic mass is 10.1. The highest BCUT2D eigenvalue weighted by molar-refractivity contribution is 6.90. The van der Waals surface area contributed by atoms with Gasteiger partial charge in [0.15, 0.2) is 0 Å². The molecule has 18 heavy (non-hydrogen) atoms. The predicted molar refractivity (Wildman–Crippen MR) is 82.9 cm³/mol. The third-order valence-corrected chi connectivity index (χ3v) is 9.87. The van der Waals surface area contributed by atoms with Crippen LogP contribution in [0.2, 0.25) is 16.6 Å². The van der Waals surface area contributed by atoms with Gasteiger partial charge in [0.2, 0.25) is 0 Å². The van der Waals surface area contributed by atoms with Gasteiger partial charge in [-0.25, -0.2) is 0 Å². The van der Waals surface area contributed by atoms with Gasteiger partial charge in [0.05, 0.1) is 0 Å². The molecule has 0 unspecified atom stereocenters. The number of aliphatic hydroxyl groups is 1. The molecule has 0 atom stereocenters. The fourth-order valence-corrected chi connectivity index (χ4v) is 7.90. The Morgan fingerprint density at radius 3 is 1.50 bits per heavy atom. The maximum absolute atomic E-state index is 9.54. The third-order valence-electron chi connectivity index (χ3n) is 3.58. The minimum atomic E-state index is -1.67. The van der Waals surface area contributed by atoms with Crippen molar-refractivity contribution in [1.29, 1.82) is 0 Å². The van der Waals surface area contributed by atoms with E-state index in [4.69, 9.17) is 0 Å². The van der Waals surface area contributed by atoms with Crippen LogP contribution in [0.3, 0.4) is 0 Å². The molecule has 0 spiro atoms. The van der Waals surface area contributed by atoms with E-state index in [1.165, 1.54) is 0 Å². The molecule has 0 aliphatic heterocycles. The second-order valence-electron chi connectivity index (χ2n) is 6.46. The summed E-state index contributed by atoms with van der Waals surface area (Å²) in [5.41, 5.74) is 4.41. The highest BCUT2D eigenvalue weighted by atomic mass is 28.3. The van der Waals surface area contributed by atoms with Crippen LogP contribution in [0.5, 0.6) is 0 Å². The zero-order valence-corrected chi connectivity index (χ0v) is 14.2. The van der Waals surface area contributed by atoms with E-state index < -0.39 is 13.7 Å². The summed E-state index contributed by atoms with van der Waals surface area (Å²) in [4.78, 5) is 0. The lowest BCUT2D eigenvalue weighted by molar-refractivity contribution is 0.143. The zero-order valence-electron chi connectivity index (χ0n) is 13.2. The summed E-state index contributed by atoms with van der Waals surface area (Å²) < 4.78 is 0. The van der Waals surface area contributed by atoms with Gasteiger partial charge in [0.1, 0.15) is 13.7 Å². The predicted octanol–water partition coefficient (Wildman–Crippen LogP) is 3.98. The lowest BCUT2D eigenvalue weighted by Crippen LogP contribution is -2.43. The van der Waals surface area contributed by atoms with E-state index in [0.717, 1.165) is 0 Å². The first kappa shape index (κ1) is 17.3. The minimum Gasteiger partial charge on any atom is -0.378 e. The third kappa shape index (κ3) is 4.52. The van der Waals surface area contributed by atoms with Gasteiger partial charge >= 0.3 is 0 Å². The average Bonchev–Trinajstić information content (AvgIpc) is 2.13. The molecular weight excluding hydrogens is 236 g/mol. The molecule has 0 heterocycles. The monoisotopic (exact) mass is 264 g/mol. The van der Waals surface area contributed by atoms with Crippen molar-refractivity contribution in [3.63, 3.8) is 0 Å². The average molecular weight is 264 g/mol. The van der Waals surface area contributed by atoms with Crippen molar-refractivity contribution < 1.29 is 5.11 Å². The van der Waals surface area contributed by atoms with Crippen molar-refractivity contribution in [2.75, 3.05) is 0 Å². The molecule has 1 N–H and O–H groups in total. The molecule has 0 rings (SSSR count). The maximum atomic E-state index is 9.54. The van der Waals surface area contributed by atoms with Crippen LogP contribution in [-0.4, -0.2) is 18.8 Å². The van der Waals surface area contributed by atoms with Crippen LogP contribution < -0.4 is 0 Å². The Morgan fingerprint density at radius 1 is 0.833 bits per heavy atom. The van der Waals surface area contributed by atoms with Crippen molar-refractivity contribution in [1.82, 2.24) is 0 Å². The smallest absolute Gasteiger partial charge is 0.147 e. The molecule has 0 bridgehead atoms. The number of rotatable bonds is 3. The van der Waals surface area contributed by atoms with E-state index >= 15 is 0 Å². The summed E-state index contributed by atoms with van der Waals surface area (Å²) in [6.45, 7) is 17.1. The van der Waals surface area contributed by atoms with Gasteiger partial charge in [0, 0.05) is 0 Å². The molecule has 2 heteroatoms. The molecule has 0 aromatic carbocycles. The second kappa shape index (κ2) is 6.46. The van der Waals surface area contributed by atoms with Crippen LogP contribution in [0, 0.1) is 23.3 Å².